The van der Waals surface area contributed by atoms with E-state index >= 15 is 0 Å². The Bertz CT molecular complexity index is 244. The molecule has 0 amide bonds. The third kappa shape index (κ3) is 4.01. The highest BCUT2D eigenvalue weighted by Gasteiger charge is 1.95. The molecular weight excluding hydrogens is 167 g/mol. The molecule has 0 bridgehead atoms. The molecule has 0 saturated carbocycles. The molecule has 3 N–H and O–H groups in total. The molecule has 0 fully saturated rings. The van der Waals surface area contributed by atoms with Gasteiger partial charge in [-0.1, -0.05) is 12.1 Å². The van der Waals surface area contributed by atoms with Crippen molar-refractivity contribution in [1.82, 2.24) is 5.32 Å². The number of halogens is 1. The van der Waals surface area contributed by atoms with Crippen molar-refractivity contribution in [2.24, 2.45) is 5.73 Å². The lowest BCUT2D eigenvalue weighted by molar-refractivity contribution is 0.604. The number of benzene rings is 1. The van der Waals surface area contributed by atoms with Gasteiger partial charge < -0.3 is 11.1 Å². The smallest absolute Gasteiger partial charge is 0.123 e. The van der Waals surface area contributed by atoms with Crippen LogP contribution in [0.1, 0.15) is 12.5 Å². The zero-order valence-electron chi connectivity index (χ0n) is 7.76. The molecule has 0 unspecified atom stereocenters. The normalized spacial score (nSPS) is 12.8. The monoisotopic (exact) mass is 182 g/mol. The highest BCUT2D eigenvalue weighted by atomic mass is 19.1. The van der Waals surface area contributed by atoms with Crippen LogP contribution in [0.4, 0.5) is 4.39 Å². The fourth-order valence-corrected chi connectivity index (χ4v) is 1.05. The highest BCUT2D eigenvalue weighted by molar-refractivity contribution is 5.15. The molecule has 1 atom stereocenters. The Labute approximate surface area is 77.9 Å². The van der Waals surface area contributed by atoms with Crippen LogP contribution in [0, 0.1) is 5.82 Å². The molecule has 1 aromatic carbocycles. The molecule has 1 rings (SSSR count). The summed E-state index contributed by atoms with van der Waals surface area (Å²) < 4.78 is 12.5. The Balaban J connectivity index is 2.33. The summed E-state index contributed by atoms with van der Waals surface area (Å²) in [6, 6.07) is 6.61. The van der Waals surface area contributed by atoms with Gasteiger partial charge in [-0.2, -0.15) is 0 Å². The SMILES string of the molecule is C[C@@H](N)CNCc1ccc(F)cc1. The van der Waals surface area contributed by atoms with Crippen molar-refractivity contribution in [3.63, 3.8) is 0 Å². The summed E-state index contributed by atoms with van der Waals surface area (Å²) in [4.78, 5) is 0. The largest absolute Gasteiger partial charge is 0.327 e. The standard InChI is InChI=1S/C10H15FN2/c1-8(12)6-13-7-9-2-4-10(11)5-3-9/h2-5,8,13H,6-7,12H2,1H3/t8-/m1/s1. The molecule has 3 heteroatoms. The molecule has 0 saturated heterocycles. The Kier molecular flexibility index (Phi) is 3.86. The summed E-state index contributed by atoms with van der Waals surface area (Å²) in [5.41, 5.74) is 6.63. The van der Waals surface area contributed by atoms with Gasteiger partial charge in [0, 0.05) is 19.1 Å². The van der Waals surface area contributed by atoms with Gasteiger partial charge in [-0.3, -0.25) is 0 Å². The zero-order chi connectivity index (χ0) is 9.68. The lowest BCUT2D eigenvalue weighted by Crippen LogP contribution is -2.30. The first-order chi connectivity index (χ1) is 6.18. The van der Waals surface area contributed by atoms with Crippen LogP contribution in [0.5, 0.6) is 0 Å². The summed E-state index contributed by atoms with van der Waals surface area (Å²) in [5.74, 6) is -0.198. The number of nitrogens with one attached hydrogen (secondary N) is 1. The Morgan fingerprint density at radius 3 is 2.54 bits per heavy atom. The molecular formula is C10H15FN2. The molecule has 0 aliphatic carbocycles. The van der Waals surface area contributed by atoms with Crippen molar-refractivity contribution in [3.05, 3.63) is 35.6 Å². The number of nitrogens with two attached hydrogens (primary N) is 1. The lowest BCUT2D eigenvalue weighted by atomic mass is 10.2. The van der Waals surface area contributed by atoms with Gasteiger partial charge in [0.05, 0.1) is 0 Å². The molecule has 1 aromatic rings. The average molecular weight is 182 g/mol. The second-order valence-electron chi connectivity index (χ2n) is 3.23. The van der Waals surface area contributed by atoms with Gasteiger partial charge in [0.2, 0.25) is 0 Å². The number of hydrogen-bond acceptors (Lipinski definition) is 2. The maximum absolute atomic E-state index is 12.5. The van der Waals surface area contributed by atoms with E-state index in [1.54, 1.807) is 12.1 Å². The third-order valence-corrected chi connectivity index (χ3v) is 1.71. The van der Waals surface area contributed by atoms with Crippen LogP contribution in [0.3, 0.4) is 0 Å². The molecule has 72 valence electrons. The van der Waals surface area contributed by atoms with Gasteiger partial charge >= 0.3 is 0 Å². The first-order valence-corrected chi connectivity index (χ1v) is 4.39. The molecule has 13 heavy (non-hydrogen) atoms. The third-order valence-electron chi connectivity index (χ3n) is 1.71. The van der Waals surface area contributed by atoms with Crippen molar-refractivity contribution in [3.8, 4) is 0 Å². The summed E-state index contributed by atoms with van der Waals surface area (Å²) >= 11 is 0. The molecule has 0 aromatic heterocycles. The average Bonchev–Trinajstić information content (AvgIpc) is 2.08. The summed E-state index contributed by atoms with van der Waals surface area (Å²) in [5, 5.41) is 3.17. The number of hydrogen-bond donors (Lipinski definition) is 2. The molecule has 2 nitrogen and oxygen atoms in total. The van der Waals surface area contributed by atoms with Gasteiger partial charge in [-0.25, -0.2) is 4.39 Å². The molecule has 0 aliphatic heterocycles. The summed E-state index contributed by atoms with van der Waals surface area (Å²) in [6.45, 7) is 3.46. The maximum Gasteiger partial charge on any atom is 0.123 e. The van der Waals surface area contributed by atoms with E-state index in [2.05, 4.69) is 5.32 Å². The van der Waals surface area contributed by atoms with Gasteiger partial charge in [-0.15, -0.1) is 0 Å². The second kappa shape index (κ2) is 4.94. The van der Waals surface area contributed by atoms with Crippen LogP contribution in [-0.2, 0) is 6.54 Å². The van der Waals surface area contributed by atoms with Gasteiger partial charge in [0.25, 0.3) is 0 Å². The summed E-state index contributed by atoms with van der Waals surface area (Å²) in [7, 11) is 0. The van der Waals surface area contributed by atoms with E-state index in [1.807, 2.05) is 6.92 Å². The van der Waals surface area contributed by atoms with E-state index < -0.39 is 0 Å². The second-order valence-corrected chi connectivity index (χ2v) is 3.23. The van der Waals surface area contributed by atoms with Crippen LogP contribution in [-0.4, -0.2) is 12.6 Å². The van der Waals surface area contributed by atoms with Crippen molar-refractivity contribution in [1.29, 1.82) is 0 Å². The fourth-order valence-electron chi connectivity index (χ4n) is 1.05. The van der Waals surface area contributed by atoms with E-state index in [1.165, 1.54) is 12.1 Å². The molecule has 0 spiro atoms. The minimum atomic E-state index is -0.198. The first kappa shape index (κ1) is 10.2. The Morgan fingerprint density at radius 2 is 2.00 bits per heavy atom. The maximum atomic E-state index is 12.5. The van der Waals surface area contributed by atoms with Gasteiger partial charge in [0.15, 0.2) is 0 Å². The van der Waals surface area contributed by atoms with Crippen molar-refractivity contribution in [2.75, 3.05) is 6.54 Å². The van der Waals surface area contributed by atoms with Gasteiger partial charge in [-0.05, 0) is 24.6 Å². The summed E-state index contributed by atoms with van der Waals surface area (Å²) in [6.07, 6.45) is 0. The van der Waals surface area contributed by atoms with Crippen LogP contribution in [0.15, 0.2) is 24.3 Å². The predicted molar refractivity (Wildman–Crippen MR) is 51.8 cm³/mol. The van der Waals surface area contributed by atoms with E-state index in [0.29, 0.717) is 0 Å². The quantitative estimate of drug-likeness (QED) is 0.735. The molecule has 0 aliphatic rings. The van der Waals surface area contributed by atoms with Crippen LogP contribution >= 0.6 is 0 Å². The van der Waals surface area contributed by atoms with Crippen molar-refractivity contribution >= 4 is 0 Å². The van der Waals surface area contributed by atoms with E-state index in [0.717, 1.165) is 18.7 Å². The van der Waals surface area contributed by atoms with Gasteiger partial charge in [0.1, 0.15) is 5.82 Å². The van der Waals surface area contributed by atoms with E-state index in [-0.39, 0.29) is 11.9 Å². The lowest BCUT2D eigenvalue weighted by Gasteiger charge is -2.07. The number of rotatable bonds is 4. The van der Waals surface area contributed by atoms with E-state index in [9.17, 15) is 4.39 Å². The Morgan fingerprint density at radius 1 is 1.38 bits per heavy atom. The topological polar surface area (TPSA) is 38.0 Å². The van der Waals surface area contributed by atoms with E-state index in [4.69, 9.17) is 5.73 Å². The van der Waals surface area contributed by atoms with Crippen molar-refractivity contribution < 1.29 is 4.39 Å². The van der Waals surface area contributed by atoms with Crippen molar-refractivity contribution in [2.45, 2.75) is 19.5 Å². The minimum absolute atomic E-state index is 0.153. The highest BCUT2D eigenvalue weighted by Crippen LogP contribution is 2.01. The molecule has 0 heterocycles. The predicted octanol–water partition coefficient (Wildman–Crippen LogP) is 1.26. The zero-order valence-corrected chi connectivity index (χ0v) is 7.76. The minimum Gasteiger partial charge on any atom is -0.327 e. The fraction of sp³-hybridized carbons (Fsp3) is 0.400. The van der Waals surface area contributed by atoms with Crippen LogP contribution in [0.2, 0.25) is 0 Å². The molecule has 0 radical (unpaired) electrons. The van der Waals surface area contributed by atoms with Crippen LogP contribution < -0.4 is 11.1 Å². The van der Waals surface area contributed by atoms with Crippen LogP contribution in [0.25, 0.3) is 0 Å². The first-order valence-electron chi connectivity index (χ1n) is 4.39. The Hall–Kier alpha value is -0.930.